The highest BCUT2D eigenvalue weighted by molar-refractivity contribution is 8.00. The van der Waals surface area contributed by atoms with Crippen LogP contribution < -0.4 is 5.32 Å². The highest BCUT2D eigenvalue weighted by Crippen LogP contribution is 2.45. The molecule has 17 heteroatoms. The number of nitriles is 1. The molecule has 0 aliphatic rings. The first-order valence-corrected chi connectivity index (χ1v) is 8.76. The van der Waals surface area contributed by atoms with Gasteiger partial charge in [-0.25, -0.2) is 4.68 Å². The van der Waals surface area contributed by atoms with Crippen LogP contribution >= 0.6 is 35.0 Å². The number of hydrogen-bond donors (Lipinski definition) is 1. The molecule has 0 radical (unpaired) electrons. The Morgan fingerprint density at radius 2 is 1.58 bits per heavy atom. The molecule has 2 rings (SSSR count). The van der Waals surface area contributed by atoms with Gasteiger partial charge in [0.15, 0.2) is 11.5 Å². The third-order valence-corrected chi connectivity index (χ3v) is 4.61. The van der Waals surface area contributed by atoms with Gasteiger partial charge in [-0.15, -0.1) is 0 Å². The maximum Gasteiger partial charge on any atom is 0.471 e. The van der Waals surface area contributed by atoms with Gasteiger partial charge in [-0.05, 0) is 23.9 Å². The molecule has 0 saturated carbocycles. The molecule has 5 nitrogen and oxygen atoms in total. The topological polar surface area (TPSA) is 70.7 Å². The second-order valence-corrected chi connectivity index (χ2v) is 7.23. The zero-order valence-electron chi connectivity index (χ0n) is 14.0. The normalized spacial score (nSPS) is 12.6. The minimum Gasteiger partial charge on any atom is -0.302 e. The predicted octanol–water partition coefficient (Wildman–Crippen LogP) is 6.18. The van der Waals surface area contributed by atoms with Gasteiger partial charge in [-0.3, -0.25) is 4.79 Å². The zero-order valence-corrected chi connectivity index (χ0v) is 16.3. The molecule has 1 amide bonds. The van der Waals surface area contributed by atoms with Crippen molar-refractivity contribution in [3.8, 4) is 11.8 Å². The number of nitrogens with zero attached hydrogens (tertiary/aromatic N) is 3. The van der Waals surface area contributed by atoms with Crippen LogP contribution in [0, 0.1) is 11.3 Å². The molecule has 0 aliphatic heterocycles. The first kappa shape index (κ1) is 25.0. The number of thioether (sulfide) groups is 1. The molecular formula is C14H3Cl2F9N4OS. The van der Waals surface area contributed by atoms with E-state index in [4.69, 9.17) is 28.5 Å². The number of hydrogen-bond acceptors (Lipinski definition) is 4. The summed E-state index contributed by atoms with van der Waals surface area (Å²) < 4.78 is 115. The van der Waals surface area contributed by atoms with Crippen LogP contribution in [-0.2, 0) is 11.0 Å². The molecule has 1 aromatic carbocycles. The maximum atomic E-state index is 12.9. The lowest BCUT2D eigenvalue weighted by Gasteiger charge is -2.16. The molecule has 0 atom stereocenters. The summed E-state index contributed by atoms with van der Waals surface area (Å²) in [5, 5.41) is 11.7. The van der Waals surface area contributed by atoms with Gasteiger partial charge >= 0.3 is 23.8 Å². The number of halogens is 11. The monoisotopic (exact) mass is 516 g/mol. The summed E-state index contributed by atoms with van der Waals surface area (Å²) in [5.74, 6) is -4.08. The lowest BCUT2D eigenvalue weighted by molar-refractivity contribution is -0.167. The molecular weight excluding hydrogens is 514 g/mol. The molecule has 0 aliphatic carbocycles. The minimum absolute atomic E-state index is 0.112. The van der Waals surface area contributed by atoms with Crippen molar-refractivity contribution in [1.29, 1.82) is 5.26 Å². The lowest BCUT2D eigenvalue weighted by Crippen LogP contribution is -2.31. The Hall–Kier alpha value is -2.31. The number of nitrogens with one attached hydrogen (secondary N) is 1. The van der Waals surface area contributed by atoms with E-state index in [0.717, 1.165) is 5.32 Å². The van der Waals surface area contributed by atoms with Crippen molar-refractivity contribution in [2.24, 2.45) is 0 Å². The van der Waals surface area contributed by atoms with Crippen LogP contribution in [0.5, 0.6) is 0 Å². The standard InChI is InChI=1S/C14H3Cl2F9N4OS/c15-5-1-4(12(17,18)19)2-6(16)8(5)29-10(27-11(30)13(20,21)22)9(7(3-26)28-29)31-14(23,24)25/h1-2H,(H,27,30). The van der Waals surface area contributed by atoms with E-state index >= 15 is 0 Å². The summed E-state index contributed by atoms with van der Waals surface area (Å²) in [6, 6.07) is 1.74. The minimum atomic E-state index is -5.57. The highest BCUT2D eigenvalue weighted by Gasteiger charge is 2.42. The molecule has 1 heterocycles. The highest BCUT2D eigenvalue weighted by atomic mass is 35.5. The Morgan fingerprint density at radius 3 is 1.97 bits per heavy atom. The van der Waals surface area contributed by atoms with E-state index in [1.165, 1.54) is 6.07 Å². The second-order valence-electron chi connectivity index (χ2n) is 5.34. The fourth-order valence-electron chi connectivity index (χ4n) is 2.07. The van der Waals surface area contributed by atoms with E-state index in [-0.39, 0.29) is 16.8 Å². The van der Waals surface area contributed by atoms with E-state index in [1.54, 1.807) is 0 Å². The summed E-state index contributed by atoms with van der Waals surface area (Å²) in [6.07, 6.45) is -10.5. The van der Waals surface area contributed by atoms with Gasteiger partial charge in [-0.2, -0.15) is 49.9 Å². The Kier molecular flexibility index (Phi) is 6.70. The van der Waals surface area contributed by atoms with Gasteiger partial charge in [0.25, 0.3) is 0 Å². The number of benzene rings is 1. The number of amides is 1. The van der Waals surface area contributed by atoms with Crippen LogP contribution in [0.4, 0.5) is 45.3 Å². The second kappa shape index (κ2) is 8.32. The molecule has 0 fully saturated rings. The molecule has 168 valence electrons. The Labute approximate surface area is 179 Å². The van der Waals surface area contributed by atoms with E-state index in [2.05, 4.69) is 5.10 Å². The Morgan fingerprint density at radius 1 is 1.06 bits per heavy atom. The summed E-state index contributed by atoms with van der Waals surface area (Å²) in [4.78, 5) is 10.1. The fraction of sp³-hybridized carbons (Fsp3) is 0.214. The molecule has 31 heavy (non-hydrogen) atoms. The third kappa shape index (κ3) is 5.69. The fourth-order valence-corrected chi connectivity index (χ4v) is 3.37. The molecule has 2 aromatic rings. The van der Waals surface area contributed by atoms with Crippen LogP contribution in [0.25, 0.3) is 5.69 Å². The lowest BCUT2D eigenvalue weighted by atomic mass is 10.2. The van der Waals surface area contributed by atoms with E-state index < -0.39 is 73.2 Å². The van der Waals surface area contributed by atoms with Crippen LogP contribution in [0.3, 0.4) is 0 Å². The number of aromatic nitrogens is 2. The third-order valence-electron chi connectivity index (χ3n) is 3.21. The molecule has 1 N–H and O–H groups in total. The van der Waals surface area contributed by atoms with Crippen LogP contribution in [-0.4, -0.2) is 27.4 Å². The van der Waals surface area contributed by atoms with Crippen LogP contribution in [0.2, 0.25) is 10.0 Å². The van der Waals surface area contributed by atoms with Gasteiger partial charge in [0.05, 0.1) is 20.5 Å². The first-order chi connectivity index (χ1) is 14.0. The van der Waals surface area contributed by atoms with E-state index in [1.807, 2.05) is 0 Å². The zero-order chi connectivity index (χ0) is 23.9. The smallest absolute Gasteiger partial charge is 0.302 e. The first-order valence-electron chi connectivity index (χ1n) is 7.19. The number of anilines is 1. The number of carbonyl (C=O) groups excluding carboxylic acids is 1. The number of rotatable bonds is 3. The number of alkyl halides is 9. The molecule has 1 aromatic heterocycles. The van der Waals surface area contributed by atoms with Crippen LogP contribution in [0.1, 0.15) is 11.3 Å². The Bertz CT molecular complexity index is 1050. The van der Waals surface area contributed by atoms with Gasteiger partial charge in [0.1, 0.15) is 11.8 Å². The number of carbonyl (C=O) groups is 1. The molecule has 0 saturated heterocycles. The largest absolute Gasteiger partial charge is 0.471 e. The van der Waals surface area contributed by atoms with Crippen molar-refractivity contribution in [2.75, 3.05) is 5.32 Å². The average molecular weight is 517 g/mol. The summed E-state index contributed by atoms with van der Waals surface area (Å²) in [5.41, 5.74) is -8.44. The summed E-state index contributed by atoms with van der Waals surface area (Å²) in [7, 11) is 0. The van der Waals surface area contributed by atoms with Crippen molar-refractivity contribution in [3.05, 3.63) is 33.4 Å². The van der Waals surface area contributed by atoms with E-state index in [0.29, 0.717) is 0 Å². The molecule has 0 bridgehead atoms. The summed E-state index contributed by atoms with van der Waals surface area (Å²) >= 11 is 10.4. The predicted molar refractivity (Wildman–Crippen MR) is 89.9 cm³/mol. The van der Waals surface area contributed by atoms with Crippen molar-refractivity contribution in [1.82, 2.24) is 9.78 Å². The van der Waals surface area contributed by atoms with Gasteiger partial charge < -0.3 is 5.32 Å². The van der Waals surface area contributed by atoms with Crippen molar-refractivity contribution >= 4 is 46.7 Å². The molecule has 0 unspecified atom stereocenters. The van der Waals surface area contributed by atoms with Crippen LogP contribution in [0.15, 0.2) is 17.0 Å². The average Bonchev–Trinajstić information content (AvgIpc) is 2.88. The summed E-state index contributed by atoms with van der Waals surface area (Å²) in [6.45, 7) is 0. The van der Waals surface area contributed by atoms with E-state index in [9.17, 15) is 44.3 Å². The quantitative estimate of drug-likeness (QED) is 0.390. The van der Waals surface area contributed by atoms with Gasteiger partial charge in [0.2, 0.25) is 0 Å². The maximum absolute atomic E-state index is 12.9. The van der Waals surface area contributed by atoms with Crippen molar-refractivity contribution in [3.63, 3.8) is 0 Å². The van der Waals surface area contributed by atoms with Gasteiger partial charge in [0, 0.05) is 0 Å². The Balaban J connectivity index is 2.82. The molecule has 0 spiro atoms. The van der Waals surface area contributed by atoms with Crippen molar-refractivity contribution < 1.29 is 44.3 Å². The van der Waals surface area contributed by atoms with Crippen molar-refractivity contribution in [2.45, 2.75) is 22.8 Å². The SMILES string of the molecule is N#Cc1nn(-c2c(Cl)cc(C(F)(F)F)cc2Cl)c(NC(=O)C(F)(F)F)c1SC(F)(F)F. The van der Waals surface area contributed by atoms with Gasteiger partial charge in [-0.1, -0.05) is 23.2 Å².